The quantitative estimate of drug-likeness (QED) is 0.834. The molecule has 1 aromatic rings. The third-order valence-electron chi connectivity index (χ3n) is 4.35. The Bertz CT molecular complexity index is 500. The maximum absolute atomic E-state index is 12.7. The first-order valence-electron chi connectivity index (χ1n) is 7.86. The van der Waals surface area contributed by atoms with Crippen LogP contribution in [0.1, 0.15) is 36.7 Å². The summed E-state index contributed by atoms with van der Waals surface area (Å²) in [7, 11) is 0. The molecule has 0 spiro atoms. The van der Waals surface area contributed by atoms with Gasteiger partial charge in [0.1, 0.15) is 11.5 Å². The molecule has 0 aromatic carbocycles. The molecule has 5 nitrogen and oxygen atoms in total. The van der Waals surface area contributed by atoms with Crippen molar-refractivity contribution >= 4 is 11.7 Å². The van der Waals surface area contributed by atoms with Gasteiger partial charge in [-0.15, -0.1) is 0 Å². The fourth-order valence-corrected chi connectivity index (χ4v) is 3.06. The van der Waals surface area contributed by atoms with Crippen molar-refractivity contribution in [3.63, 3.8) is 0 Å². The molecule has 2 aliphatic heterocycles. The van der Waals surface area contributed by atoms with Gasteiger partial charge in [0.05, 0.1) is 13.2 Å². The molecule has 0 aliphatic carbocycles. The van der Waals surface area contributed by atoms with Crippen molar-refractivity contribution in [2.75, 3.05) is 37.7 Å². The predicted molar refractivity (Wildman–Crippen MR) is 81.6 cm³/mol. The van der Waals surface area contributed by atoms with Crippen LogP contribution in [0.5, 0.6) is 0 Å². The molecular formula is C16H23N3O2. The van der Waals surface area contributed by atoms with E-state index in [9.17, 15) is 4.79 Å². The van der Waals surface area contributed by atoms with E-state index in [0.717, 1.165) is 51.5 Å². The fraction of sp³-hybridized carbons (Fsp3) is 0.625. The second kappa shape index (κ2) is 6.43. The minimum absolute atomic E-state index is 0.0670. The maximum atomic E-state index is 12.7. The number of aromatic nitrogens is 1. The second-order valence-electron chi connectivity index (χ2n) is 5.82. The van der Waals surface area contributed by atoms with Crippen LogP contribution in [0.4, 0.5) is 5.82 Å². The first-order chi connectivity index (χ1) is 10.3. The van der Waals surface area contributed by atoms with E-state index in [1.807, 2.05) is 23.1 Å². The highest BCUT2D eigenvalue weighted by atomic mass is 16.5. The molecule has 1 aromatic heterocycles. The number of anilines is 1. The van der Waals surface area contributed by atoms with Gasteiger partial charge in [0, 0.05) is 25.7 Å². The van der Waals surface area contributed by atoms with Crippen LogP contribution < -0.4 is 4.90 Å². The van der Waals surface area contributed by atoms with Gasteiger partial charge in [0.2, 0.25) is 0 Å². The zero-order chi connectivity index (χ0) is 14.7. The molecule has 2 fully saturated rings. The number of morpholine rings is 1. The minimum Gasteiger partial charge on any atom is -0.378 e. The predicted octanol–water partition coefficient (Wildman–Crippen LogP) is 1.93. The molecule has 0 bridgehead atoms. The number of carbonyl (C=O) groups excluding carboxylic acids is 1. The first kappa shape index (κ1) is 14.3. The Labute approximate surface area is 125 Å². The van der Waals surface area contributed by atoms with Gasteiger partial charge in [0.15, 0.2) is 0 Å². The summed E-state index contributed by atoms with van der Waals surface area (Å²) in [6, 6.07) is 6.05. The van der Waals surface area contributed by atoms with Gasteiger partial charge in [-0.3, -0.25) is 4.79 Å². The van der Waals surface area contributed by atoms with Crippen LogP contribution in [0.3, 0.4) is 0 Å². The molecule has 3 rings (SSSR count). The number of nitrogens with zero attached hydrogens (tertiary/aromatic N) is 3. The van der Waals surface area contributed by atoms with Crippen LogP contribution in [0.15, 0.2) is 18.2 Å². The Morgan fingerprint density at radius 3 is 2.81 bits per heavy atom. The number of pyridine rings is 1. The molecule has 2 aliphatic rings. The van der Waals surface area contributed by atoms with Crippen LogP contribution >= 0.6 is 0 Å². The minimum atomic E-state index is 0.0670. The van der Waals surface area contributed by atoms with Crippen molar-refractivity contribution in [3.8, 4) is 0 Å². The number of carbonyl (C=O) groups is 1. The van der Waals surface area contributed by atoms with Crippen LogP contribution in [0.25, 0.3) is 0 Å². The Morgan fingerprint density at radius 2 is 2.05 bits per heavy atom. The molecule has 0 saturated carbocycles. The molecule has 2 saturated heterocycles. The van der Waals surface area contributed by atoms with Crippen LogP contribution in [0, 0.1) is 0 Å². The molecule has 3 heterocycles. The van der Waals surface area contributed by atoms with Crippen molar-refractivity contribution in [2.24, 2.45) is 0 Å². The highest BCUT2D eigenvalue weighted by Gasteiger charge is 2.25. The highest BCUT2D eigenvalue weighted by Crippen LogP contribution is 2.20. The van der Waals surface area contributed by atoms with Gasteiger partial charge in [-0.05, 0) is 38.3 Å². The van der Waals surface area contributed by atoms with E-state index in [4.69, 9.17) is 4.74 Å². The third-order valence-corrected chi connectivity index (χ3v) is 4.35. The van der Waals surface area contributed by atoms with Crippen LogP contribution in [-0.2, 0) is 4.74 Å². The molecule has 0 radical (unpaired) electrons. The lowest BCUT2D eigenvalue weighted by Gasteiger charge is -2.33. The molecule has 114 valence electrons. The summed E-state index contributed by atoms with van der Waals surface area (Å²) < 4.78 is 5.36. The average Bonchev–Trinajstić information content (AvgIpc) is 2.56. The van der Waals surface area contributed by atoms with Crippen molar-refractivity contribution in [1.82, 2.24) is 9.88 Å². The molecule has 1 unspecified atom stereocenters. The summed E-state index contributed by atoms with van der Waals surface area (Å²) >= 11 is 0. The Kier molecular flexibility index (Phi) is 4.39. The number of rotatable bonds is 2. The van der Waals surface area contributed by atoms with E-state index >= 15 is 0 Å². The van der Waals surface area contributed by atoms with Crippen molar-refractivity contribution in [3.05, 3.63) is 23.9 Å². The maximum Gasteiger partial charge on any atom is 0.272 e. The fourth-order valence-electron chi connectivity index (χ4n) is 3.06. The Hall–Kier alpha value is -1.62. The normalized spacial score (nSPS) is 23.2. The molecule has 1 amide bonds. The summed E-state index contributed by atoms with van der Waals surface area (Å²) in [5.41, 5.74) is 0.563. The van der Waals surface area contributed by atoms with Crippen molar-refractivity contribution < 1.29 is 9.53 Å². The SMILES string of the molecule is CC1CCCCN1C(=O)c1cccc(N2CCOCC2)n1. The van der Waals surface area contributed by atoms with Gasteiger partial charge in [-0.1, -0.05) is 6.07 Å². The van der Waals surface area contributed by atoms with Crippen molar-refractivity contribution in [2.45, 2.75) is 32.2 Å². The van der Waals surface area contributed by atoms with Gasteiger partial charge >= 0.3 is 0 Å². The lowest BCUT2D eigenvalue weighted by Crippen LogP contribution is -2.42. The zero-order valence-electron chi connectivity index (χ0n) is 12.6. The van der Waals surface area contributed by atoms with E-state index in [2.05, 4.69) is 16.8 Å². The number of likely N-dealkylation sites (tertiary alicyclic amines) is 1. The van der Waals surface area contributed by atoms with E-state index in [0.29, 0.717) is 11.7 Å². The molecule has 21 heavy (non-hydrogen) atoms. The van der Waals surface area contributed by atoms with Crippen LogP contribution in [0.2, 0.25) is 0 Å². The topological polar surface area (TPSA) is 45.7 Å². The number of amides is 1. The van der Waals surface area contributed by atoms with Crippen molar-refractivity contribution in [1.29, 1.82) is 0 Å². The largest absolute Gasteiger partial charge is 0.378 e. The number of piperidine rings is 1. The summed E-state index contributed by atoms with van der Waals surface area (Å²) in [4.78, 5) is 21.4. The van der Waals surface area contributed by atoms with E-state index in [-0.39, 0.29) is 5.91 Å². The van der Waals surface area contributed by atoms with E-state index in [1.54, 1.807) is 0 Å². The van der Waals surface area contributed by atoms with E-state index < -0.39 is 0 Å². The Balaban J connectivity index is 1.76. The number of hydrogen-bond donors (Lipinski definition) is 0. The molecule has 0 N–H and O–H groups in total. The summed E-state index contributed by atoms with van der Waals surface area (Å²) in [5, 5.41) is 0. The highest BCUT2D eigenvalue weighted by molar-refractivity contribution is 5.93. The number of hydrogen-bond acceptors (Lipinski definition) is 4. The molecule has 5 heteroatoms. The molecule has 1 atom stereocenters. The van der Waals surface area contributed by atoms with Gasteiger partial charge in [-0.25, -0.2) is 4.98 Å². The van der Waals surface area contributed by atoms with E-state index in [1.165, 1.54) is 6.42 Å². The summed E-state index contributed by atoms with van der Waals surface area (Å²) in [6.45, 7) is 6.11. The Morgan fingerprint density at radius 1 is 1.24 bits per heavy atom. The van der Waals surface area contributed by atoms with Crippen LogP contribution in [-0.4, -0.2) is 54.7 Å². The third kappa shape index (κ3) is 3.18. The first-order valence-corrected chi connectivity index (χ1v) is 7.86. The number of ether oxygens (including phenoxy) is 1. The van der Waals surface area contributed by atoms with Gasteiger partial charge in [-0.2, -0.15) is 0 Å². The second-order valence-corrected chi connectivity index (χ2v) is 5.82. The smallest absolute Gasteiger partial charge is 0.272 e. The summed E-state index contributed by atoms with van der Waals surface area (Å²) in [6.07, 6.45) is 3.40. The summed E-state index contributed by atoms with van der Waals surface area (Å²) in [5.74, 6) is 0.950. The molecular weight excluding hydrogens is 266 g/mol. The zero-order valence-corrected chi connectivity index (χ0v) is 12.6. The lowest BCUT2D eigenvalue weighted by molar-refractivity contribution is 0.0629. The standard InChI is InChI=1S/C16H23N3O2/c1-13-5-2-3-8-19(13)16(20)14-6-4-7-15(17-14)18-9-11-21-12-10-18/h4,6-7,13H,2-3,5,8-12H2,1H3. The average molecular weight is 289 g/mol. The lowest BCUT2D eigenvalue weighted by atomic mass is 10.0. The van der Waals surface area contributed by atoms with Gasteiger partial charge in [0.25, 0.3) is 5.91 Å². The monoisotopic (exact) mass is 289 g/mol. The van der Waals surface area contributed by atoms with Gasteiger partial charge < -0.3 is 14.5 Å².